The summed E-state index contributed by atoms with van der Waals surface area (Å²) in [5.41, 5.74) is -0.349. The van der Waals surface area contributed by atoms with Crippen LogP contribution >= 0.6 is 0 Å². The SMILES string of the molecule is CC(CCC(=O)C(C)(C)C)ON(O)O. The second-order valence-electron chi connectivity index (χ2n) is 4.38. The van der Waals surface area contributed by atoms with Crippen molar-refractivity contribution in [3.05, 3.63) is 0 Å². The zero-order valence-electron chi connectivity index (χ0n) is 9.15. The molecule has 5 heteroatoms. The first-order chi connectivity index (χ1) is 6.23. The lowest BCUT2D eigenvalue weighted by Gasteiger charge is -2.18. The quantitative estimate of drug-likeness (QED) is 0.669. The van der Waals surface area contributed by atoms with Crippen LogP contribution in [0.5, 0.6) is 0 Å². The van der Waals surface area contributed by atoms with Crippen molar-refractivity contribution in [1.82, 2.24) is 5.39 Å². The van der Waals surface area contributed by atoms with E-state index in [4.69, 9.17) is 10.4 Å². The van der Waals surface area contributed by atoms with E-state index in [9.17, 15) is 4.79 Å². The number of rotatable bonds is 5. The van der Waals surface area contributed by atoms with Gasteiger partial charge in [-0.15, -0.1) is 0 Å². The van der Waals surface area contributed by atoms with Crippen molar-refractivity contribution in [1.29, 1.82) is 0 Å². The zero-order valence-corrected chi connectivity index (χ0v) is 9.15. The van der Waals surface area contributed by atoms with Crippen LogP contribution in [0.15, 0.2) is 0 Å². The fourth-order valence-corrected chi connectivity index (χ4v) is 0.923. The third kappa shape index (κ3) is 6.04. The van der Waals surface area contributed by atoms with E-state index < -0.39 is 6.10 Å². The summed E-state index contributed by atoms with van der Waals surface area (Å²) < 4.78 is 0. The molecule has 0 aliphatic heterocycles. The average Bonchev–Trinajstić information content (AvgIpc) is 1.96. The van der Waals surface area contributed by atoms with Gasteiger partial charge in [-0.2, -0.15) is 0 Å². The van der Waals surface area contributed by atoms with Crippen molar-refractivity contribution in [3.8, 4) is 0 Å². The second kappa shape index (κ2) is 5.41. The van der Waals surface area contributed by atoms with E-state index in [1.165, 1.54) is 0 Å². The highest BCUT2D eigenvalue weighted by Gasteiger charge is 2.21. The van der Waals surface area contributed by atoms with Crippen LogP contribution in [0.4, 0.5) is 0 Å². The summed E-state index contributed by atoms with van der Waals surface area (Å²) in [4.78, 5) is 16.0. The maximum Gasteiger partial charge on any atom is 0.138 e. The molecule has 2 N–H and O–H groups in total. The molecule has 0 radical (unpaired) electrons. The number of hydrogen-bond acceptors (Lipinski definition) is 5. The molecule has 84 valence electrons. The van der Waals surface area contributed by atoms with Crippen molar-refractivity contribution < 1.29 is 20.0 Å². The summed E-state index contributed by atoms with van der Waals surface area (Å²) in [5, 5.41) is 16.3. The van der Waals surface area contributed by atoms with Gasteiger partial charge in [-0.1, -0.05) is 20.8 Å². The van der Waals surface area contributed by atoms with Gasteiger partial charge < -0.3 is 0 Å². The van der Waals surface area contributed by atoms with E-state index >= 15 is 0 Å². The first kappa shape index (κ1) is 13.5. The monoisotopic (exact) mass is 205 g/mol. The van der Waals surface area contributed by atoms with E-state index in [1.807, 2.05) is 20.8 Å². The van der Waals surface area contributed by atoms with Crippen molar-refractivity contribution >= 4 is 5.78 Å². The smallest absolute Gasteiger partial charge is 0.138 e. The Labute approximate surface area is 84.1 Å². The van der Waals surface area contributed by atoms with Gasteiger partial charge in [0.2, 0.25) is 0 Å². The van der Waals surface area contributed by atoms with Crippen LogP contribution in [-0.4, -0.2) is 27.7 Å². The Hall–Kier alpha value is -0.490. The second-order valence-corrected chi connectivity index (χ2v) is 4.38. The van der Waals surface area contributed by atoms with Crippen molar-refractivity contribution in [2.75, 3.05) is 0 Å². The Balaban J connectivity index is 3.78. The number of carbonyl (C=O) groups excluding carboxylic acids is 1. The Bertz CT molecular complexity index is 186. The molecule has 0 aliphatic rings. The lowest BCUT2D eigenvalue weighted by Crippen LogP contribution is -2.25. The standard InChI is InChI=1S/C9H19NO4/c1-7(14-10(12)13)5-6-8(11)9(2,3)4/h7,12-13H,5-6H2,1-4H3. The fraction of sp³-hybridized carbons (Fsp3) is 0.889. The van der Waals surface area contributed by atoms with E-state index in [1.54, 1.807) is 6.92 Å². The Morgan fingerprint density at radius 3 is 2.29 bits per heavy atom. The molecule has 0 aromatic rings. The van der Waals surface area contributed by atoms with Gasteiger partial charge in [0.15, 0.2) is 0 Å². The summed E-state index contributed by atoms with van der Waals surface area (Å²) in [6.07, 6.45) is 0.447. The minimum absolute atomic E-state index is 0.135. The van der Waals surface area contributed by atoms with Crippen molar-refractivity contribution in [3.63, 3.8) is 0 Å². The number of carbonyl (C=O) groups is 1. The van der Waals surface area contributed by atoms with E-state index in [0.717, 1.165) is 0 Å². The van der Waals surface area contributed by atoms with Crippen LogP contribution < -0.4 is 0 Å². The highest BCUT2D eigenvalue weighted by atomic mass is 17.1. The third-order valence-electron chi connectivity index (χ3n) is 1.89. The fourth-order valence-electron chi connectivity index (χ4n) is 0.923. The van der Waals surface area contributed by atoms with Crippen LogP contribution in [-0.2, 0) is 9.63 Å². The molecule has 0 saturated heterocycles. The Kier molecular flexibility index (Phi) is 5.22. The van der Waals surface area contributed by atoms with Crippen molar-refractivity contribution in [2.24, 2.45) is 5.41 Å². The summed E-state index contributed by atoms with van der Waals surface area (Å²) in [6.45, 7) is 7.22. The maximum absolute atomic E-state index is 11.5. The van der Waals surface area contributed by atoms with Gasteiger partial charge >= 0.3 is 0 Å². The van der Waals surface area contributed by atoms with Crippen LogP contribution in [0.1, 0.15) is 40.5 Å². The summed E-state index contributed by atoms with van der Waals surface area (Å²) in [7, 11) is 0. The van der Waals surface area contributed by atoms with Gasteiger partial charge in [-0.3, -0.25) is 15.2 Å². The molecule has 0 aromatic carbocycles. The Morgan fingerprint density at radius 1 is 1.43 bits per heavy atom. The van der Waals surface area contributed by atoms with E-state index in [-0.39, 0.29) is 16.6 Å². The predicted molar refractivity (Wildman–Crippen MR) is 49.7 cm³/mol. The molecule has 1 atom stereocenters. The lowest BCUT2D eigenvalue weighted by atomic mass is 9.88. The van der Waals surface area contributed by atoms with Gasteiger partial charge in [0, 0.05) is 11.8 Å². The molecule has 0 aliphatic carbocycles. The van der Waals surface area contributed by atoms with E-state index in [0.29, 0.717) is 12.8 Å². The molecule has 0 fully saturated rings. The van der Waals surface area contributed by atoms with Crippen LogP contribution in [0.25, 0.3) is 0 Å². The maximum atomic E-state index is 11.5. The first-order valence-electron chi connectivity index (χ1n) is 4.61. The number of ketones is 1. The minimum atomic E-state index is -0.392. The molecular weight excluding hydrogens is 186 g/mol. The van der Waals surface area contributed by atoms with Gasteiger partial charge in [0.05, 0.1) is 11.5 Å². The molecule has 0 saturated carbocycles. The molecule has 14 heavy (non-hydrogen) atoms. The van der Waals surface area contributed by atoms with Crippen LogP contribution in [0, 0.1) is 5.41 Å². The molecule has 5 nitrogen and oxygen atoms in total. The Morgan fingerprint density at radius 2 is 1.93 bits per heavy atom. The summed E-state index contributed by atoms with van der Waals surface area (Å²) >= 11 is 0. The summed E-state index contributed by atoms with van der Waals surface area (Å²) in [5.74, 6) is 0.135. The lowest BCUT2D eigenvalue weighted by molar-refractivity contribution is -0.503. The molecule has 0 aromatic heterocycles. The molecule has 0 spiro atoms. The highest BCUT2D eigenvalue weighted by molar-refractivity contribution is 5.83. The van der Waals surface area contributed by atoms with E-state index in [2.05, 4.69) is 4.84 Å². The summed E-state index contributed by atoms with van der Waals surface area (Å²) in [6, 6.07) is 0. The van der Waals surface area contributed by atoms with Gasteiger partial charge in [-0.05, 0) is 13.3 Å². The number of Topliss-reactive ketones (excluding diaryl/α,β-unsaturated/α-hetero) is 1. The molecule has 0 heterocycles. The van der Waals surface area contributed by atoms with Gasteiger partial charge in [0.1, 0.15) is 5.78 Å². The predicted octanol–water partition coefficient (Wildman–Crippen LogP) is 1.78. The minimum Gasteiger partial charge on any atom is -0.299 e. The largest absolute Gasteiger partial charge is 0.299 e. The molecule has 0 amide bonds. The van der Waals surface area contributed by atoms with Crippen LogP contribution in [0.2, 0.25) is 0 Å². The van der Waals surface area contributed by atoms with Gasteiger partial charge in [0.25, 0.3) is 0 Å². The molecule has 1 unspecified atom stereocenters. The van der Waals surface area contributed by atoms with Gasteiger partial charge in [-0.25, -0.2) is 4.84 Å². The van der Waals surface area contributed by atoms with Crippen molar-refractivity contribution in [2.45, 2.75) is 46.6 Å². The number of hydrogen-bond donors (Lipinski definition) is 2. The van der Waals surface area contributed by atoms with Crippen LogP contribution in [0.3, 0.4) is 0 Å². The molecule has 0 rings (SSSR count). The third-order valence-corrected chi connectivity index (χ3v) is 1.89. The average molecular weight is 205 g/mol. The highest BCUT2D eigenvalue weighted by Crippen LogP contribution is 2.18. The zero-order chi connectivity index (χ0) is 11.4. The first-order valence-corrected chi connectivity index (χ1v) is 4.61. The molecule has 0 bridgehead atoms. The number of nitrogens with zero attached hydrogens (tertiary/aromatic N) is 1. The normalized spacial score (nSPS) is 14.5. The topological polar surface area (TPSA) is 70.0 Å². The molecular formula is C9H19NO4.